The Bertz CT molecular complexity index is 484. The Morgan fingerprint density at radius 2 is 2.00 bits per heavy atom. The van der Waals surface area contributed by atoms with Gasteiger partial charge in [0.15, 0.2) is 0 Å². The highest BCUT2D eigenvalue weighted by Gasteiger charge is 2.36. The number of sulfonamides is 1. The zero-order valence-electron chi connectivity index (χ0n) is 11.8. The third-order valence-electron chi connectivity index (χ3n) is 3.77. The number of rotatable bonds is 7. The minimum absolute atomic E-state index is 0.00847. The van der Waals surface area contributed by atoms with Gasteiger partial charge in [0.1, 0.15) is 0 Å². The van der Waals surface area contributed by atoms with Crippen molar-refractivity contribution >= 4 is 10.0 Å². The molecule has 21 heavy (non-hydrogen) atoms. The van der Waals surface area contributed by atoms with Crippen molar-refractivity contribution < 1.29 is 21.6 Å². The number of nitrogens with zero attached hydrogens (tertiary/aromatic N) is 1. The molecule has 8 heteroatoms. The average Bonchev–Trinajstić information content (AvgIpc) is 3.21. The van der Waals surface area contributed by atoms with E-state index < -0.39 is 21.8 Å². The molecule has 1 saturated carbocycles. The summed E-state index contributed by atoms with van der Waals surface area (Å²) >= 11 is 0. The van der Waals surface area contributed by atoms with E-state index in [0.717, 1.165) is 23.3 Å². The maximum absolute atomic E-state index is 12.5. The number of halogens is 3. The van der Waals surface area contributed by atoms with Crippen molar-refractivity contribution in [3.63, 3.8) is 0 Å². The molecule has 0 radical (unpaired) electrons. The van der Waals surface area contributed by atoms with Gasteiger partial charge < -0.3 is 5.32 Å². The van der Waals surface area contributed by atoms with Crippen molar-refractivity contribution in [3.05, 3.63) is 11.6 Å². The molecule has 0 aromatic heterocycles. The van der Waals surface area contributed by atoms with Gasteiger partial charge in [0.2, 0.25) is 10.0 Å². The van der Waals surface area contributed by atoms with Gasteiger partial charge in [-0.2, -0.15) is 17.5 Å². The summed E-state index contributed by atoms with van der Waals surface area (Å²) in [5, 5.41) is 3.30. The van der Waals surface area contributed by atoms with E-state index in [-0.39, 0.29) is 25.3 Å². The lowest BCUT2D eigenvalue weighted by Gasteiger charge is -2.26. The van der Waals surface area contributed by atoms with Crippen LogP contribution >= 0.6 is 0 Å². The zero-order chi connectivity index (χ0) is 15.5. The van der Waals surface area contributed by atoms with Crippen LogP contribution in [-0.4, -0.2) is 50.3 Å². The molecule has 4 nitrogen and oxygen atoms in total. The Kier molecular flexibility index (Phi) is 5.32. The molecule has 0 aromatic rings. The van der Waals surface area contributed by atoms with Crippen molar-refractivity contribution in [1.82, 2.24) is 9.62 Å². The molecule has 1 fully saturated rings. The van der Waals surface area contributed by atoms with Gasteiger partial charge in [-0.1, -0.05) is 6.08 Å². The first-order valence-corrected chi connectivity index (χ1v) is 8.87. The van der Waals surface area contributed by atoms with E-state index >= 15 is 0 Å². The largest absolute Gasteiger partial charge is 0.412 e. The van der Waals surface area contributed by atoms with Gasteiger partial charge in [0.25, 0.3) is 0 Å². The summed E-state index contributed by atoms with van der Waals surface area (Å²) in [6.45, 7) is 0.559. The molecule has 1 aliphatic carbocycles. The predicted octanol–water partition coefficient (Wildman–Crippen LogP) is 2.04. The van der Waals surface area contributed by atoms with Crippen molar-refractivity contribution in [3.8, 4) is 0 Å². The van der Waals surface area contributed by atoms with E-state index in [4.69, 9.17) is 0 Å². The number of nitrogens with one attached hydrogen (secondary N) is 1. The fourth-order valence-corrected chi connectivity index (χ4v) is 3.79. The second-order valence-corrected chi connectivity index (χ2v) is 7.68. The van der Waals surface area contributed by atoms with Crippen LogP contribution < -0.4 is 5.32 Å². The zero-order valence-corrected chi connectivity index (χ0v) is 12.6. The Morgan fingerprint density at radius 1 is 1.29 bits per heavy atom. The molecular weight excluding hydrogens is 305 g/mol. The maximum atomic E-state index is 12.5. The highest BCUT2D eigenvalue weighted by Crippen LogP contribution is 2.30. The fourth-order valence-electron chi connectivity index (χ4n) is 2.29. The van der Waals surface area contributed by atoms with Crippen LogP contribution in [0.15, 0.2) is 11.6 Å². The number of hydrogen-bond donors (Lipinski definition) is 1. The standard InChI is InChI=1S/C13H21F3N2O2S/c14-13(15,16)11-5-8-18(9-6-11)21(19,20)10-2-1-7-17-12-3-4-12/h5,12,17H,1-4,6-10H2. The van der Waals surface area contributed by atoms with Crippen LogP contribution in [0.3, 0.4) is 0 Å². The lowest BCUT2D eigenvalue weighted by molar-refractivity contribution is -0.0953. The van der Waals surface area contributed by atoms with E-state index in [9.17, 15) is 21.6 Å². The minimum Gasteiger partial charge on any atom is -0.314 e. The number of unbranched alkanes of at least 4 members (excludes halogenated alkanes) is 1. The molecule has 2 aliphatic rings. The van der Waals surface area contributed by atoms with Crippen LogP contribution in [0.5, 0.6) is 0 Å². The smallest absolute Gasteiger partial charge is 0.314 e. The Balaban J connectivity index is 1.73. The van der Waals surface area contributed by atoms with E-state index in [1.54, 1.807) is 0 Å². The van der Waals surface area contributed by atoms with Gasteiger partial charge in [0.05, 0.1) is 5.75 Å². The van der Waals surface area contributed by atoms with E-state index in [0.29, 0.717) is 12.5 Å². The molecule has 1 aliphatic heterocycles. The third kappa shape index (κ3) is 5.27. The Morgan fingerprint density at radius 3 is 2.52 bits per heavy atom. The normalized spacial score (nSPS) is 21.4. The Hall–Kier alpha value is -0.600. The van der Waals surface area contributed by atoms with Gasteiger partial charge in [-0.05, 0) is 38.6 Å². The summed E-state index contributed by atoms with van der Waals surface area (Å²) in [6.07, 6.45) is 0.0769. The van der Waals surface area contributed by atoms with E-state index in [1.807, 2.05) is 0 Å². The summed E-state index contributed by atoms with van der Waals surface area (Å²) in [4.78, 5) is 0. The molecule has 0 unspecified atom stereocenters. The quantitative estimate of drug-likeness (QED) is 0.575. The predicted molar refractivity (Wildman–Crippen MR) is 74.4 cm³/mol. The van der Waals surface area contributed by atoms with E-state index in [2.05, 4.69) is 5.32 Å². The summed E-state index contributed by atoms with van der Waals surface area (Å²) in [5.41, 5.74) is -0.623. The van der Waals surface area contributed by atoms with Gasteiger partial charge in [-0.15, -0.1) is 0 Å². The van der Waals surface area contributed by atoms with Crippen LogP contribution in [0, 0.1) is 0 Å². The highest BCUT2D eigenvalue weighted by atomic mass is 32.2. The molecule has 2 rings (SSSR count). The first-order valence-electron chi connectivity index (χ1n) is 7.26. The first kappa shape index (κ1) is 16.8. The van der Waals surface area contributed by atoms with Crippen LogP contribution in [0.4, 0.5) is 13.2 Å². The summed E-state index contributed by atoms with van der Waals surface area (Å²) < 4.78 is 62.7. The van der Waals surface area contributed by atoms with Gasteiger partial charge >= 0.3 is 6.18 Å². The molecule has 0 atom stereocenters. The minimum atomic E-state index is -4.34. The number of alkyl halides is 3. The second-order valence-electron chi connectivity index (χ2n) is 5.59. The fraction of sp³-hybridized carbons (Fsp3) is 0.846. The molecule has 0 aromatic carbocycles. The third-order valence-corrected chi connectivity index (χ3v) is 5.69. The van der Waals surface area contributed by atoms with Crippen molar-refractivity contribution in [2.75, 3.05) is 25.4 Å². The van der Waals surface area contributed by atoms with Crippen molar-refractivity contribution in [1.29, 1.82) is 0 Å². The summed E-state index contributed by atoms with van der Waals surface area (Å²) in [7, 11) is -3.44. The molecule has 0 saturated heterocycles. The summed E-state index contributed by atoms with van der Waals surface area (Å²) in [6, 6.07) is 0.606. The van der Waals surface area contributed by atoms with Gasteiger partial charge in [-0.25, -0.2) is 8.42 Å². The lowest BCUT2D eigenvalue weighted by Crippen LogP contribution is -2.38. The van der Waals surface area contributed by atoms with Gasteiger partial charge in [-0.3, -0.25) is 0 Å². The topological polar surface area (TPSA) is 49.4 Å². The average molecular weight is 326 g/mol. The Labute approximate surface area is 123 Å². The van der Waals surface area contributed by atoms with Crippen LogP contribution in [0.25, 0.3) is 0 Å². The molecule has 0 amide bonds. The lowest BCUT2D eigenvalue weighted by atomic mass is 10.1. The monoisotopic (exact) mass is 326 g/mol. The molecule has 122 valence electrons. The highest BCUT2D eigenvalue weighted by molar-refractivity contribution is 7.89. The maximum Gasteiger partial charge on any atom is 0.412 e. The van der Waals surface area contributed by atoms with E-state index in [1.165, 1.54) is 12.8 Å². The van der Waals surface area contributed by atoms with Crippen LogP contribution in [0.2, 0.25) is 0 Å². The molecule has 1 heterocycles. The molecule has 0 spiro atoms. The first-order chi connectivity index (χ1) is 9.79. The van der Waals surface area contributed by atoms with Crippen molar-refractivity contribution in [2.24, 2.45) is 0 Å². The SMILES string of the molecule is O=S(=O)(CCCCNC1CC1)N1CC=C(C(F)(F)F)CC1. The summed E-state index contributed by atoms with van der Waals surface area (Å²) in [5.74, 6) is 0.00847. The molecule has 1 N–H and O–H groups in total. The second kappa shape index (κ2) is 6.66. The van der Waals surface area contributed by atoms with Crippen LogP contribution in [-0.2, 0) is 10.0 Å². The number of hydrogen-bond acceptors (Lipinski definition) is 3. The van der Waals surface area contributed by atoms with Crippen LogP contribution in [0.1, 0.15) is 32.1 Å². The molecule has 0 bridgehead atoms. The molecular formula is C13H21F3N2O2S. The van der Waals surface area contributed by atoms with Crippen molar-refractivity contribution in [2.45, 2.75) is 44.3 Å². The van der Waals surface area contributed by atoms with Gasteiger partial charge in [0, 0.05) is 24.7 Å².